The van der Waals surface area contributed by atoms with Crippen molar-refractivity contribution in [3.05, 3.63) is 58.7 Å². The van der Waals surface area contributed by atoms with Gasteiger partial charge in [0.1, 0.15) is 17.6 Å². The molecule has 0 aliphatic carbocycles. The van der Waals surface area contributed by atoms with Crippen molar-refractivity contribution in [1.82, 2.24) is 0 Å². The van der Waals surface area contributed by atoms with E-state index in [1.54, 1.807) is 14.2 Å². The Morgan fingerprint density at radius 3 is 2.05 bits per heavy atom. The molecule has 0 saturated carbocycles. The number of aliphatic hydroxyl groups excluding tert-OH is 1. The summed E-state index contributed by atoms with van der Waals surface area (Å²) in [5, 5.41) is 10.7. The SMILES string of the molecule is COc1cc(C)ccc1C(O)c1cc(C)ccc1OC. The molecule has 0 aliphatic heterocycles. The fraction of sp³-hybridized carbons (Fsp3) is 0.294. The monoisotopic (exact) mass is 272 g/mol. The minimum atomic E-state index is -0.777. The van der Waals surface area contributed by atoms with E-state index < -0.39 is 6.10 Å². The predicted molar refractivity (Wildman–Crippen MR) is 79.5 cm³/mol. The summed E-state index contributed by atoms with van der Waals surface area (Å²) in [6.45, 7) is 3.98. The van der Waals surface area contributed by atoms with Gasteiger partial charge < -0.3 is 14.6 Å². The van der Waals surface area contributed by atoms with E-state index in [4.69, 9.17) is 9.47 Å². The highest BCUT2D eigenvalue weighted by atomic mass is 16.5. The average molecular weight is 272 g/mol. The lowest BCUT2D eigenvalue weighted by Gasteiger charge is -2.18. The first-order valence-electron chi connectivity index (χ1n) is 6.54. The maximum atomic E-state index is 10.7. The Hall–Kier alpha value is -2.00. The van der Waals surface area contributed by atoms with Gasteiger partial charge >= 0.3 is 0 Å². The second-order valence-corrected chi connectivity index (χ2v) is 4.89. The zero-order valence-corrected chi connectivity index (χ0v) is 12.3. The van der Waals surface area contributed by atoms with Crippen molar-refractivity contribution in [3.8, 4) is 11.5 Å². The van der Waals surface area contributed by atoms with Gasteiger partial charge in [0.25, 0.3) is 0 Å². The Morgan fingerprint density at radius 2 is 1.40 bits per heavy atom. The van der Waals surface area contributed by atoms with Crippen LogP contribution in [0.1, 0.15) is 28.4 Å². The van der Waals surface area contributed by atoms with Gasteiger partial charge in [-0.25, -0.2) is 0 Å². The van der Waals surface area contributed by atoms with E-state index in [0.29, 0.717) is 11.5 Å². The van der Waals surface area contributed by atoms with Gasteiger partial charge in [0.05, 0.1) is 14.2 Å². The molecule has 0 amide bonds. The van der Waals surface area contributed by atoms with E-state index in [-0.39, 0.29) is 0 Å². The van der Waals surface area contributed by atoms with Gasteiger partial charge in [0, 0.05) is 11.1 Å². The third kappa shape index (κ3) is 2.78. The quantitative estimate of drug-likeness (QED) is 0.927. The maximum Gasteiger partial charge on any atom is 0.125 e. The van der Waals surface area contributed by atoms with Crippen molar-refractivity contribution in [2.24, 2.45) is 0 Å². The summed E-state index contributed by atoms with van der Waals surface area (Å²) in [5.74, 6) is 1.35. The van der Waals surface area contributed by atoms with Crippen molar-refractivity contribution in [3.63, 3.8) is 0 Å². The van der Waals surface area contributed by atoms with Crippen molar-refractivity contribution in [2.45, 2.75) is 20.0 Å². The molecular formula is C17H20O3. The molecule has 0 radical (unpaired) electrons. The van der Waals surface area contributed by atoms with Crippen LogP contribution in [0.25, 0.3) is 0 Å². The van der Waals surface area contributed by atoms with Crippen LogP contribution in [0.4, 0.5) is 0 Å². The number of hydrogen-bond acceptors (Lipinski definition) is 3. The van der Waals surface area contributed by atoms with Crippen LogP contribution in [0, 0.1) is 13.8 Å². The van der Waals surface area contributed by atoms with E-state index in [1.165, 1.54) is 0 Å². The lowest BCUT2D eigenvalue weighted by molar-refractivity contribution is 0.209. The summed E-state index contributed by atoms with van der Waals surface area (Å²) in [6, 6.07) is 11.5. The van der Waals surface area contributed by atoms with Crippen molar-refractivity contribution >= 4 is 0 Å². The maximum absolute atomic E-state index is 10.7. The van der Waals surface area contributed by atoms with Crippen molar-refractivity contribution < 1.29 is 14.6 Å². The molecule has 2 aromatic carbocycles. The van der Waals surface area contributed by atoms with Crippen LogP contribution in [0.3, 0.4) is 0 Å². The van der Waals surface area contributed by atoms with Crippen LogP contribution in [-0.2, 0) is 0 Å². The summed E-state index contributed by atoms with van der Waals surface area (Å²) < 4.78 is 10.7. The molecule has 2 aromatic rings. The molecule has 0 saturated heterocycles. The number of aliphatic hydroxyl groups is 1. The molecule has 1 atom stereocenters. The molecule has 3 heteroatoms. The molecule has 0 fully saturated rings. The normalized spacial score (nSPS) is 12.1. The molecule has 1 N–H and O–H groups in total. The Bertz CT molecular complexity index is 605. The van der Waals surface area contributed by atoms with Crippen LogP contribution in [0.5, 0.6) is 11.5 Å². The largest absolute Gasteiger partial charge is 0.496 e. The average Bonchev–Trinajstić information content (AvgIpc) is 2.46. The lowest BCUT2D eigenvalue weighted by Crippen LogP contribution is -2.05. The van der Waals surface area contributed by atoms with Crippen LogP contribution >= 0.6 is 0 Å². The van der Waals surface area contributed by atoms with Gasteiger partial charge in [-0.15, -0.1) is 0 Å². The highest BCUT2D eigenvalue weighted by Crippen LogP contribution is 2.35. The van der Waals surface area contributed by atoms with E-state index in [9.17, 15) is 5.11 Å². The van der Waals surface area contributed by atoms with Gasteiger partial charge in [-0.3, -0.25) is 0 Å². The van der Waals surface area contributed by atoms with Gasteiger partial charge in [-0.05, 0) is 37.6 Å². The molecule has 1 unspecified atom stereocenters. The zero-order valence-electron chi connectivity index (χ0n) is 12.3. The molecule has 2 rings (SSSR count). The Balaban J connectivity index is 2.51. The summed E-state index contributed by atoms with van der Waals surface area (Å²) in [6.07, 6.45) is -0.777. The number of methoxy groups -OCH3 is 2. The summed E-state index contributed by atoms with van der Waals surface area (Å²) in [4.78, 5) is 0. The smallest absolute Gasteiger partial charge is 0.125 e. The molecule has 0 heterocycles. The topological polar surface area (TPSA) is 38.7 Å². The summed E-state index contributed by atoms with van der Waals surface area (Å²) in [5.41, 5.74) is 3.65. The third-order valence-corrected chi connectivity index (χ3v) is 3.36. The van der Waals surface area contributed by atoms with Gasteiger partial charge in [0.2, 0.25) is 0 Å². The Kier molecular flexibility index (Phi) is 4.30. The Morgan fingerprint density at radius 1 is 0.800 bits per heavy atom. The molecule has 20 heavy (non-hydrogen) atoms. The third-order valence-electron chi connectivity index (χ3n) is 3.36. The molecule has 3 nitrogen and oxygen atoms in total. The second kappa shape index (κ2) is 5.97. The first-order valence-corrected chi connectivity index (χ1v) is 6.54. The number of rotatable bonds is 4. The number of ether oxygens (including phenoxy) is 2. The Labute approximate surface area is 119 Å². The second-order valence-electron chi connectivity index (χ2n) is 4.89. The van der Waals surface area contributed by atoms with Crippen molar-refractivity contribution in [1.29, 1.82) is 0 Å². The molecule has 106 valence electrons. The molecule has 0 bridgehead atoms. The summed E-state index contributed by atoms with van der Waals surface area (Å²) >= 11 is 0. The zero-order chi connectivity index (χ0) is 14.7. The summed E-state index contributed by atoms with van der Waals surface area (Å²) in [7, 11) is 3.21. The number of aryl methyl sites for hydroxylation is 2. The number of hydrogen-bond donors (Lipinski definition) is 1. The fourth-order valence-electron chi connectivity index (χ4n) is 2.28. The van der Waals surface area contributed by atoms with Crippen LogP contribution in [0.2, 0.25) is 0 Å². The van der Waals surface area contributed by atoms with E-state index in [1.807, 2.05) is 50.2 Å². The molecule has 0 spiro atoms. The highest BCUT2D eigenvalue weighted by Gasteiger charge is 2.19. The van der Waals surface area contributed by atoms with E-state index >= 15 is 0 Å². The highest BCUT2D eigenvalue weighted by molar-refractivity contribution is 5.47. The van der Waals surface area contributed by atoms with Crippen molar-refractivity contribution in [2.75, 3.05) is 14.2 Å². The molecule has 0 aromatic heterocycles. The first kappa shape index (κ1) is 14.4. The lowest BCUT2D eigenvalue weighted by atomic mass is 9.97. The van der Waals surface area contributed by atoms with Gasteiger partial charge in [0.15, 0.2) is 0 Å². The molecule has 0 aliphatic rings. The minimum Gasteiger partial charge on any atom is -0.496 e. The number of benzene rings is 2. The van der Waals surface area contributed by atoms with Gasteiger partial charge in [-0.2, -0.15) is 0 Å². The van der Waals surface area contributed by atoms with Crippen LogP contribution in [-0.4, -0.2) is 19.3 Å². The van der Waals surface area contributed by atoms with E-state index in [2.05, 4.69) is 0 Å². The minimum absolute atomic E-state index is 0.672. The van der Waals surface area contributed by atoms with Crippen LogP contribution in [0.15, 0.2) is 36.4 Å². The molecular weight excluding hydrogens is 252 g/mol. The van der Waals surface area contributed by atoms with E-state index in [0.717, 1.165) is 22.3 Å². The fourth-order valence-corrected chi connectivity index (χ4v) is 2.28. The predicted octanol–water partition coefficient (Wildman–Crippen LogP) is 3.40. The van der Waals surface area contributed by atoms with Crippen LogP contribution < -0.4 is 9.47 Å². The van der Waals surface area contributed by atoms with Gasteiger partial charge in [-0.1, -0.05) is 23.8 Å². The standard InChI is InChI=1S/C17H20O3/c1-11-6-8-15(19-3)14(9-11)17(18)13-7-5-12(2)10-16(13)20-4/h5-10,17-18H,1-4H3. The first-order chi connectivity index (χ1) is 9.56.